The molecule has 2 rings (SSSR count). The van der Waals surface area contributed by atoms with Gasteiger partial charge < -0.3 is 4.90 Å². The number of hydrogen-bond donors (Lipinski definition) is 0. The summed E-state index contributed by atoms with van der Waals surface area (Å²) in [5.41, 5.74) is 0. The predicted molar refractivity (Wildman–Crippen MR) is 46.2 cm³/mol. The van der Waals surface area contributed by atoms with Gasteiger partial charge in [-0.05, 0) is 19.3 Å². The molecule has 1 aliphatic heterocycles. The lowest BCUT2D eigenvalue weighted by Crippen LogP contribution is -2.38. The van der Waals surface area contributed by atoms with Gasteiger partial charge in [-0.15, -0.1) is 5.10 Å². The summed E-state index contributed by atoms with van der Waals surface area (Å²) >= 11 is 0. The highest BCUT2D eigenvalue weighted by Crippen LogP contribution is 2.09. The van der Waals surface area contributed by atoms with Crippen LogP contribution >= 0.6 is 0 Å². The first kappa shape index (κ1) is 8.22. The predicted octanol–water partition coefficient (Wildman–Crippen LogP) is 0.732. The molecule has 2 heterocycles. The van der Waals surface area contributed by atoms with E-state index in [-0.39, 0.29) is 6.03 Å². The molecule has 0 spiro atoms. The van der Waals surface area contributed by atoms with E-state index >= 15 is 0 Å². The van der Waals surface area contributed by atoms with Gasteiger partial charge in [0.15, 0.2) is 0 Å². The Morgan fingerprint density at radius 2 is 2.00 bits per heavy atom. The van der Waals surface area contributed by atoms with E-state index in [2.05, 4.69) is 10.3 Å². The number of carbonyl (C=O) groups is 1. The lowest BCUT2D eigenvalue weighted by atomic mass is 10.1. The molecule has 1 saturated heterocycles. The number of nitrogens with zero attached hydrogens (tertiary/aromatic N) is 4. The largest absolute Gasteiger partial charge is 0.346 e. The summed E-state index contributed by atoms with van der Waals surface area (Å²) in [6.07, 6.45) is 6.51. The minimum absolute atomic E-state index is 0.0581. The molecule has 5 nitrogen and oxygen atoms in total. The van der Waals surface area contributed by atoms with Crippen molar-refractivity contribution < 1.29 is 4.79 Å². The van der Waals surface area contributed by atoms with Crippen LogP contribution in [-0.2, 0) is 0 Å². The first-order valence-electron chi connectivity index (χ1n) is 4.53. The number of hydrogen-bond acceptors (Lipinski definition) is 3. The first-order chi connectivity index (χ1) is 6.38. The molecule has 1 aromatic heterocycles. The maximum Gasteiger partial charge on any atom is 0.346 e. The van der Waals surface area contributed by atoms with E-state index in [1.54, 1.807) is 6.20 Å². The Balaban J connectivity index is 2.04. The summed E-state index contributed by atoms with van der Waals surface area (Å²) in [4.78, 5) is 13.5. The third kappa shape index (κ3) is 1.68. The third-order valence-electron chi connectivity index (χ3n) is 2.25. The highest BCUT2D eigenvalue weighted by atomic mass is 16.2. The summed E-state index contributed by atoms with van der Waals surface area (Å²) in [6.45, 7) is 1.69. The monoisotopic (exact) mass is 180 g/mol. The first-order valence-corrected chi connectivity index (χ1v) is 4.53. The summed E-state index contributed by atoms with van der Waals surface area (Å²) in [7, 11) is 0. The topological polar surface area (TPSA) is 51.0 Å². The molecule has 0 N–H and O–H groups in total. The average molecular weight is 180 g/mol. The minimum Gasteiger partial charge on any atom is -0.323 e. The van der Waals surface area contributed by atoms with Crippen LogP contribution in [0.1, 0.15) is 19.3 Å². The van der Waals surface area contributed by atoms with E-state index in [9.17, 15) is 4.79 Å². The molecular formula is C8H12N4O. The second kappa shape index (κ2) is 3.55. The lowest BCUT2D eigenvalue weighted by Gasteiger charge is -2.25. The van der Waals surface area contributed by atoms with Gasteiger partial charge in [0.1, 0.15) is 0 Å². The van der Waals surface area contributed by atoms with Gasteiger partial charge in [-0.1, -0.05) is 5.21 Å². The quantitative estimate of drug-likeness (QED) is 0.591. The standard InChI is InChI=1S/C8H12N4O/c13-8(12-7-4-9-10-12)11-5-2-1-3-6-11/h4,7H,1-3,5-6H2. The molecule has 1 amide bonds. The van der Waals surface area contributed by atoms with E-state index in [0.717, 1.165) is 25.9 Å². The molecule has 0 bridgehead atoms. The van der Waals surface area contributed by atoms with E-state index in [1.165, 1.54) is 17.3 Å². The molecular weight excluding hydrogens is 168 g/mol. The Bertz CT molecular complexity index is 276. The molecule has 0 unspecified atom stereocenters. The fraction of sp³-hybridized carbons (Fsp3) is 0.625. The second-order valence-corrected chi connectivity index (χ2v) is 3.18. The van der Waals surface area contributed by atoms with Crippen molar-refractivity contribution in [2.24, 2.45) is 0 Å². The smallest absolute Gasteiger partial charge is 0.323 e. The number of aromatic nitrogens is 3. The summed E-state index contributed by atoms with van der Waals surface area (Å²) in [5.74, 6) is 0. The molecule has 0 saturated carbocycles. The Kier molecular flexibility index (Phi) is 2.25. The number of likely N-dealkylation sites (tertiary alicyclic amines) is 1. The van der Waals surface area contributed by atoms with Gasteiger partial charge in [-0.25, -0.2) is 4.79 Å². The van der Waals surface area contributed by atoms with Gasteiger partial charge in [0.25, 0.3) is 0 Å². The van der Waals surface area contributed by atoms with Gasteiger partial charge in [0, 0.05) is 13.1 Å². The Labute approximate surface area is 76.3 Å². The van der Waals surface area contributed by atoms with Gasteiger partial charge >= 0.3 is 6.03 Å². The van der Waals surface area contributed by atoms with Crippen molar-refractivity contribution in [2.75, 3.05) is 13.1 Å². The number of carbonyl (C=O) groups excluding carboxylic acids is 1. The van der Waals surface area contributed by atoms with Crippen LogP contribution in [0.3, 0.4) is 0 Å². The zero-order valence-corrected chi connectivity index (χ0v) is 7.39. The van der Waals surface area contributed by atoms with Crippen molar-refractivity contribution >= 4 is 6.03 Å². The van der Waals surface area contributed by atoms with Gasteiger partial charge in [0.05, 0.1) is 12.4 Å². The molecule has 1 aromatic rings. The van der Waals surface area contributed by atoms with E-state index in [1.807, 2.05) is 4.90 Å². The highest BCUT2D eigenvalue weighted by Gasteiger charge is 2.17. The van der Waals surface area contributed by atoms with Crippen molar-refractivity contribution in [1.29, 1.82) is 0 Å². The fourth-order valence-electron chi connectivity index (χ4n) is 1.54. The van der Waals surface area contributed by atoms with Crippen LogP contribution in [0, 0.1) is 0 Å². The third-order valence-corrected chi connectivity index (χ3v) is 2.25. The summed E-state index contributed by atoms with van der Waals surface area (Å²) in [6, 6.07) is -0.0581. The van der Waals surface area contributed by atoms with Crippen LogP contribution < -0.4 is 0 Å². The molecule has 1 aliphatic rings. The zero-order valence-electron chi connectivity index (χ0n) is 7.39. The number of amides is 1. The lowest BCUT2D eigenvalue weighted by molar-refractivity contribution is 0.184. The van der Waals surface area contributed by atoms with Gasteiger partial charge in [-0.3, -0.25) is 0 Å². The van der Waals surface area contributed by atoms with Crippen LogP contribution in [0.15, 0.2) is 12.4 Å². The maximum absolute atomic E-state index is 11.6. The Morgan fingerprint density at radius 3 is 2.62 bits per heavy atom. The molecule has 70 valence electrons. The van der Waals surface area contributed by atoms with E-state index in [4.69, 9.17) is 0 Å². The molecule has 0 radical (unpaired) electrons. The van der Waals surface area contributed by atoms with Crippen molar-refractivity contribution in [3.63, 3.8) is 0 Å². The second-order valence-electron chi connectivity index (χ2n) is 3.18. The number of rotatable bonds is 0. The van der Waals surface area contributed by atoms with Crippen molar-refractivity contribution in [3.8, 4) is 0 Å². The minimum atomic E-state index is -0.0581. The van der Waals surface area contributed by atoms with Crippen LogP contribution in [0.2, 0.25) is 0 Å². The summed E-state index contributed by atoms with van der Waals surface area (Å²) < 4.78 is 1.28. The molecule has 0 aliphatic carbocycles. The van der Waals surface area contributed by atoms with Crippen molar-refractivity contribution in [1.82, 2.24) is 19.9 Å². The molecule has 5 heteroatoms. The highest BCUT2D eigenvalue weighted by molar-refractivity contribution is 5.75. The normalized spacial score (nSPS) is 17.4. The average Bonchev–Trinajstić information content (AvgIpc) is 2.71. The Morgan fingerprint density at radius 1 is 1.23 bits per heavy atom. The van der Waals surface area contributed by atoms with Crippen LogP contribution in [0.25, 0.3) is 0 Å². The zero-order chi connectivity index (χ0) is 9.10. The van der Waals surface area contributed by atoms with Gasteiger partial charge in [0.2, 0.25) is 0 Å². The number of piperidine rings is 1. The van der Waals surface area contributed by atoms with E-state index < -0.39 is 0 Å². The maximum atomic E-state index is 11.6. The van der Waals surface area contributed by atoms with Crippen LogP contribution in [0.4, 0.5) is 4.79 Å². The fourth-order valence-corrected chi connectivity index (χ4v) is 1.54. The molecule has 13 heavy (non-hydrogen) atoms. The van der Waals surface area contributed by atoms with E-state index in [0.29, 0.717) is 0 Å². The van der Waals surface area contributed by atoms with Crippen molar-refractivity contribution in [2.45, 2.75) is 19.3 Å². The molecule has 0 aromatic carbocycles. The summed E-state index contributed by atoms with van der Waals surface area (Å²) in [5, 5.41) is 7.27. The molecule has 0 atom stereocenters. The van der Waals surface area contributed by atoms with Crippen molar-refractivity contribution in [3.05, 3.63) is 12.4 Å². The van der Waals surface area contributed by atoms with Crippen LogP contribution in [-0.4, -0.2) is 39.0 Å². The SMILES string of the molecule is O=C(N1CCCCC1)n1ccnn1. The Hall–Kier alpha value is -1.39. The van der Waals surface area contributed by atoms with Gasteiger partial charge in [-0.2, -0.15) is 4.68 Å². The van der Waals surface area contributed by atoms with Crippen LogP contribution in [0.5, 0.6) is 0 Å². The molecule has 1 fully saturated rings.